The summed E-state index contributed by atoms with van der Waals surface area (Å²) in [4.78, 5) is 10.2. The fraction of sp³-hybridized carbons (Fsp3) is 0.500. The Labute approximate surface area is 127 Å². The Morgan fingerprint density at radius 3 is 2.71 bits per heavy atom. The molecule has 1 saturated heterocycles. The predicted molar refractivity (Wildman–Crippen MR) is 77.0 cm³/mol. The maximum Gasteiger partial charge on any atom is 0.289 e. The molecule has 1 aliphatic rings. The van der Waals surface area contributed by atoms with E-state index in [9.17, 15) is 18.5 Å². The van der Waals surface area contributed by atoms with Crippen LogP contribution in [-0.2, 0) is 14.8 Å². The monoisotopic (exact) mass is 334 g/mol. The van der Waals surface area contributed by atoms with Crippen LogP contribution in [0, 0.1) is 17.0 Å². The first kappa shape index (κ1) is 16.2. The van der Waals surface area contributed by atoms with Gasteiger partial charge in [0, 0.05) is 19.2 Å². The summed E-state index contributed by atoms with van der Waals surface area (Å²) < 4.78 is 31.9. The molecule has 1 fully saturated rings. The second-order valence-electron chi connectivity index (χ2n) is 4.87. The molecule has 1 aliphatic heterocycles. The Morgan fingerprint density at radius 1 is 1.48 bits per heavy atom. The zero-order valence-corrected chi connectivity index (χ0v) is 13.1. The van der Waals surface area contributed by atoms with Crippen molar-refractivity contribution in [1.82, 2.24) is 4.31 Å². The lowest BCUT2D eigenvalue weighted by Crippen LogP contribution is -2.44. The van der Waals surface area contributed by atoms with Gasteiger partial charge in [0.2, 0.25) is 10.0 Å². The predicted octanol–water partition coefficient (Wildman–Crippen LogP) is 1.97. The van der Waals surface area contributed by atoms with Gasteiger partial charge in [-0.25, -0.2) is 8.42 Å². The normalized spacial score (nSPS) is 20.4. The number of hydrogen-bond donors (Lipinski definition) is 0. The quantitative estimate of drug-likeness (QED) is 0.622. The Hall–Kier alpha value is -1.22. The van der Waals surface area contributed by atoms with Crippen molar-refractivity contribution < 1.29 is 18.1 Å². The largest absolute Gasteiger partial charge is 0.376 e. The molecule has 0 saturated carbocycles. The van der Waals surface area contributed by atoms with E-state index in [0.29, 0.717) is 12.2 Å². The zero-order valence-electron chi connectivity index (χ0n) is 11.6. The average molecular weight is 335 g/mol. The van der Waals surface area contributed by atoms with Gasteiger partial charge in [-0.3, -0.25) is 10.1 Å². The number of hydrogen-bond acceptors (Lipinski definition) is 5. The standard InChI is InChI=1S/C12H15ClN2O5S/c1-8-5-10(13)11(15(16)17)6-12(8)21(18,19)14-3-4-20-9(2)7-14/h5-6,9H,3-4,7H2,1-2H3. The summed E-state index contributed by atoms with van der Waals surface area (Å²) in [6.07, 6.45) is -0.212. The summed E-state index contributed by atoms with van der Waals surface area (Å²) in [6.45, 7) is 4.08. The first-order chi connectivity index (χ1) is 9.73. The van der Waals surface area contributed by atoms with E-state index in [1.807, 2.05) is 0 Å². The van der Waals surface area contributed by atoms with Crippen LogP contribution in [0.5, 0.6) is 0 Å². The van der Waals surface area contributed by atoms with Crippen molar-refractivity contribution in [2.45, 2.75) is 24.8 Å². The first-order valence-electron chi connectivity index (χ1n) is 6.29. The average Bonchev–Trinajstić information content (AvgIpc) is 2.37. The van der Waals surface area contributed by atoms with E-state index in [1.165, 1.54) is 10.4 Å². The highest BCUT2D eigenvalue weighted by Crippen LogP contribution is 2.32. The van der Waals surface area contributed by atoms with Gasteiger partial charge >= 0.3 is 0 Å². The molecule has 0 aromatic heterocycles. The van der Waals surface area contributed by atoms with Crippen molar-refractivity contribution in [3.8, 4) is 0 Å². The highest BCUT2D eigenvalue weighted by Gasteiger charge is 2.32. The SMILES string of the molecule is Cc1cc(Cl)c([N+](=O)[O-])cc1S(=O)(=O)N1CCOC(C)C1. The third-order valence-electron chi connectivity index (χ3n) is 3.26. The fourth-order valence-corrected chi connectivity index (χ4v) is 4.22. The lowest BCUT2D eigenvalue weighted by molar-refractivity contribution is -0.384. The number of nitro groups is 1. The van der Waals surface area contributed by atoms with Crippen LogP contribution in [0.3, 0.4) is 0 Å². The third-order valence-corrected chi connectivity index (χ3v) is 5.57. The van der Waals surface area contributed by atoms with Gasteiger partial charge in [-0.15, -0.1) is 0 Å². The number of nitrogens with zero attached hydrogens (tertiary/aromatic N) is 2. The number of benzene rings is 1. The summed E-state index contributed by atoms with van der Waals surface area (Å²) in [6, 6.07) is 2.32. The van der Waals surface area contributed by atoms with Crippen molar-refractivity contribution in [2.24, 2.45) is 0 Å². The van der Waals surface area contributed by atoms with Crippen LogP contribution in [-0.4, -0.2) is 43.4 Å². The molecule has 1 atom stereocenters. The molecule has 2 rings (SSSR count). The van der Waals surface area contributed by atoms with Crippen molar-refractivity contribution >= 4 is 27.3 Å². The van der Waals surface area contributed by atoms with Crippen molar-refractivity contribution in [3.63, 3.8) is 0 Å². The van der Waals surface area contributed by atoms with Gasteiger partial charge in [0.25, 0.3) is 5.69 Å². The number of halogens is 1. The highest BCUT2D eigenvalue weighted by molar-refractivity contribution is 7.89. The van der Waals surface area contributed by atoms with Gasteiger partial charge in [-0.2, -0.15) is 4.31 Å². The van der Waals surface area contributed by atoms with E-state index < -0.39 is 20.6 Å². The minimum atomic E-state index is -3.81. The molecule has 1 aromatic rings. The molecule has 0 bridgehead atoms. The second-order valence-corrected chi connectivity index (χ2v) is 7.18. The molecule has 0 aliphatic carbocycles. The van der Waals surface area contributed by atoms with Crippen LogP contribution < -0.4 is 0 Å². The van der Waals surface area contributed by atoms with Gasteiger partial charge in [0.15, 0.2) is 0 Å². The number of sulfonamides is 1. The van der Waals surface area contributed by atoms with Crippen molar-refractivity contribution in [3.05, 3.63) is 32.8 Å². The molecule has 1 unspecified atom stereocenters. The van der Waals surface area contributed by atoms with Crippen LogP contribution >= 0.6 is 11.6 Å². The van der Waals surface area contributed by atoms with Crippen LogP contribution in [0.25, 0.3) is 0 Å². The van der Waals surface area contributed by atoms with Gasteiger partial charge in [-0.05, 0) is 25.5 Å². The van der Waals surface area contributed by atoms with Gasteiger partial charge < -0.3 is 4.74 Å². The van der Waals surface area contributed by atoms with Gasteiger partial charge in [-0.1, -0.05) is 11.6 Å². The van der Waals surface area contributed by atoms with Gasteiger partial charge in [0.1, 0.15) is 5.02 Å². The summed E-state index contributed by atoms with van der Waals surface area (Å²) in [7, 11) is -3.81. The molecule has 1 aromatic carbocycles. The molecule has 116 valence electrons. The molecule has 0 amide bonds. The van der Waals surface area contributed by atoms with Crippen molar-refractivity contribution in [1.29, 1.82) is 0 Å². The summed E-state index contributed by atoms with van der Waals surface area (Å²) >= 11 is 5.79. The second kappa shape index (κ2) is 5.88. The van der Waals surface area contributed by atoms with E-state index in [-0.39, 0.29) is 29.1 Å². The van der Waals surface area contributed by atoms with Crippen LogP contribution in [0.2, 0.25) is 5.02 Å². The zero-order chi connectivity index (χ0) is 15.8. The molecular weight excluding hydrogens is 320 g/mol. The molecule has 9 heteroatoms. The van der Waals surface area contributed by atoms with E-state index in [1.54, 1.807) is 13.8 Å². The minimum absolute atomic E-state index is 0.0770. The van der Waals surface area contributed by atoms with Crippen molar-refractivity contribution in [2.75, 3.05) is 19.7 Å². The maximum atomic E-state index is 12.6. The molecular formula is C12H15ClN2O5S. The first-order valence-corrected chi connectivity index (χ1v) is 8.11. The molecule has 7 nitrogen and oxygen atoms in total. The number of morpholine rings is 1. The van der Waals surface area contributed by atoms with Crippen LogP contribution in [0.15, 0.2) is 17.0 Å². The number of nitro benzene ring substituents is 1. The van der Waals surface area contributed by atoms with E-state index in [4.69, 9.17) is 16.3 Å². The summed E-state index contributed by atoms with van der Waals surface area (Å²) in [5.74, 6) is 0. The molecule has 0 N–H and O–H groups in total. The number of rotatable bonds is 3. The maximum absolute atomic E-state index is 12.6. The van der Waals surface area contributed by atoms with Crippen LogP contribution in [0.1, 0.15) is 12.5 Å². The molecule has 0 radical (unpaired) electrons. The lowest BCUT2D eigenvalue weighted by Gasteiger charge is -2.30. The van der Waals surface area contributed by atoms with E-state index in [0.717, 1.165) is 6.07 Å². The summed E-state index contributed by atoms with van der Waals surface area (Å²) in [5.41, 5.74) is -0.0353. The Bertz CT molecular complexity index is 676. The Kier molecular flexibility index (Phi) is 4.52. The lowest BCUT2D eigenvalue weighted by atomic mass is 10.2. The van der Waals surface area contributed by atoms with E-state index in [2.05, 4.69) is 0 Å². The fourth-order valence-electron chi connectivity index (χ4n) is 2.20. The molecule has 21 heavy (non-hydrogen) atoms. The van der Waals surface area contributed by atoms with E-state index >= 15 is 0 Å². The van der Waals surface area contributed by atoms with Gasteiger partial charge in [0.05, 0.1) is 22.5 Å². The van der Waals surface area contributed by atoms with Crippen LogP contribution in [0.4, 0.5) is 5.69 Å². The summed E-state index contributed by atoms with van der Waals surface area (Å²) in [5, 5.41) is 10.9. The third kappa shape index (κ3) is 3.18. The Balaban J connectivity index is 2.49. The number of ether oxygens (including phenoxy) is 1. The Morgan fingerprint density at radius 2 is 2.14 bits per heavy atom. The smallest absolute Gasteiger partial charge is 0.289 e. The number of aryl methyl sites for hydroxylation is 1. The minimum Gasteiger partial charge on any atom is -0.376 e. The highest BCUT2D eigenvalue weighted by atomic mass is 35.5. The molecule has 1 heterocycles. The topological polar surface area (TPSA) is 89.8 Å². The molecule has 0 spiro atoms.